The Bertz CT molecular complexity index is 472. The Morgan fingerprint density at radius 2 is 1.91 bits per heavy atom. The van der Waals surface area contributed by atoms with Crippen molar-refractivity contribution in [1.29, 1.82) is 0 Å². The van der Waals surface area contributed by atoms with Gasteiger partial charge in [0.15, 0.2) is 0 Å². The zero-order valence-corrected chi connectivity index (χ0v) is 16.4. The van der Waals surface area contributed by atoms with Gasteiger partial charge in [-0.15, -0.1) is 0 Å². The molecule has 130 valence electrons. The summed E-state index contributed by atoms with van der Waals surface area (Å²) in [4.78, 5) is 11.8. The molecule has 1 rings (SSSR count). The number of piperidine rings is 1. The third-order valence-electron chi connectivity index (χ3n) is 4.09. The summed E-state index contributed by atoms with van der Waals surface area (Å²) in [5.74, 6) is -0.0983. The summed E-state index contributed by atoms with van der Waals surface area (Å²) in [6, 6.07) is 0.485. The molecule has 0 aromatic heterocycles. The molecule has 0 aromatic rings. The molecular weight excluding hydrogens is 318 g/mol. The van der Waals surface area contributed by atoms with Gasteiger partial charge in [-0.3, -0.25) is 4.79 Å². The molecule has 1 saturated heterocycles. The fourth-order valence-corrected chi connectivity index (χ4v) is 7.89. The first kappa shape index (κ1) is 19.6. The minimum Gasteiger partial charge on any atom is -0.466 e. The minimum absolute atomic E-state index is 0.0280. The maximum Gasteiger partial charge on any atom is 0.307 e. The van der Waals surface area contributed by atoms with Crippen LogP contribution in [0.1, 0.15) is 39.5 Å². The van der Waals surface area contributed by atoms with E-state index in [-0.39, 0.29) is 30.2 Å². The average Bonchev–Trinajstić information content (AvgIpc) is 2.36. The minimum atomic E-state index is -3.32. The highest BCUT2D eigenvalue weighted by atomic mass is 32.2. The number of nitrogens with zero attached hydrogens (tertiary/aromatic N) is 1. The quantitative estimate of drug-likeness (QED) is 0.524. The predicted molar refractivity (Wildman–Crippen MR) is 92.1 cm³/mol. The smallest absolute Gasteiger partial charge is 0.307 e. The highest BCUT2D eigenvalue weighted by Crippen LogP contribution is 2.29. The summed E-state index contributed by atoms with van der Waals surface area (Å²) < 4.78 is 32.2. The number of rotatable bonds is 7. The van der Waals surface area contributed by atoms with E-state index in [1.54, 1.807) is 11.2 Å². The standard InChI is InChI=1S/C15H31NO4SSi/c1-6-20-15(17)12-14-9-7-8-13(2)16(14)21(18,19)10-11-22(3,4)5/h13-14H,6-12H2,1-5H3/t13-,14-/m0/s1. The molecule has 0 aliphatic carbocycles. The van der Waals surface area contributed by atoms with Gasteiger partial charge in [-0.25, -0.2) is 8.42 Å². The lowest BCUT2D eigenvalue weighted by molar-refractivity contribution is -0.144. The molecule has 1 aliphatic rings. The Labute approximate surface area is 136 Å². The molecule has 7 heteroatoms. The van der Waals surface area contributed by atoms with Gasteiger partial charge in [0.1, 0.15) is 0 Å². The lowest BCUT2D eigenvalue weighted by Gasteiger charge is -2.39. The Hall–Kier alpha value is -0.403. The molecule has 0 saturated carbocycles. The van der Waals surface area contributed by atoms with Crippen LogP contribution < -0.4 is 0 Å². The van der Waals surface area contributed by atoms with Crippen molar-refractivity contribution in [2.75, 3.05) is 12.4 Å². The van der Waals surface area contributed by atoms with Crippen molar-refractivity contribution in [3.05, 3.63) is 0 Å². The van der Waals surface area contributed by atoms with Crippen LogP contribution in [0.4, 0.5) is 0 Å². The van der Waals surface area contributed by atoms with Gasteiger partial charge >= 0.3 is 5.97 Å². The number of carbonyl (C=O) groups is 1. The van der Waals surface area contributed by atoms with Crippen molar-refractivity contribution in [2.45, 2.75) is 77.3 Å². The molecule has 0 amide bonds. The highest BCUT2D eigenvalue weighted by Gasteiger charge is 2.38. The second-order valence-corrected chi connectivity index (χ2v) is 15.0. The molecule has 22 heavy (non-hydrogen) atoms. The average molecular weight is 350 g/mol. The third-order valence-corrected chi connectivity index (χ3v) is 8.23. The second-order valence-electron chi connectivity index (χ2n) is 7.40. The van der Waals surface area contributed by atoms with E-state index < -0.39 is 18.1 Å². The van der Waals surface area contributed by atoms with E-state index in [9.17, 15) is 13.2 Å². The summed E-state index contributed by atoms with van der Waals surface area (Å²) in [5.41, 5.74) is 0. The van der Waals surface area contributed by atoms with Crippen LogP contribution in [-0.2, 0) is 19.6 Å². The molecule has 0 N–H and O–H groups in total. The van der Waals surface area contributed by atoms with Crippen LogP contribution in [0.15, 0.2) is 0 Å². The van der Waals surface area contributed by atoms with Crippen molar-refractivity contribution in [2.24, 2.45) is 0 Å². The molecule has 1 aliphatic heterocycles. The number of sulfonamides is 1. The van der Waals surface area contributed by atoms with Crippen molar-refractivity contribution in [3.8, 4) is 0 Å². The lowest BCUT2D eigenvalue weighted by atomic mass is 9.97. The summed E-state index contributed by atoms with van der Waals surface area (Å²) in [6.07, 6.45) is 2.75. The van der Waals surface area contributed by atoms with E-state index in [4.69, 9.17) is 4.74 Å². The fourth-order valence-electron chi connectivity index (χ4n) is 2.91. The summed E-state index contributed by atoms with van der Waals surface area (Å²) in [6.45, 7) is 10.6. The zero-order valence-electron chi connectivity index (χ0n) is 14.6. The largest absolute Gasteiger partial charge is 0.466 e. The van der Waals surface area contributed by atoms with Crippen molar-refractivity contribution in [3.63, 3.8) is 0 Å². The van der Waals surface area contributed by atoms with Gasteiger partial charge < -0.3 is 4.74 Å². The van der Waals surface area contributed by atoms with Gasteiger partial charge in [-0.1, -0.05) is 26.1 Å². The van der Waals surface area contributed by atoms with Crippen LogP contribution in [0.5, 0.6) is 0 Å². The summed E-state index contributed by atoms with van der Waals surface area (Å²) in [5, 5.41) is 0. The van der Waals surface area contributed by atoms with Gasteiger partial charge in [-0.2, -0.15) is 4.31 Å². The van der Waals surface area contributed by atoms with E-state index in [1.165, 1.54) is 0 Å². The molecule has 2 atom stereocenters. The molecule has 0 spiro atoms. The second kappa shape index (κ2) is 7.92. The Morgan fingerprint density at radius 3 is 2.45 bits per heavy atom. The monoisotopic (exact) mass is 349 g/mol. The molecule has 0 bridgehead atoms. The Morgan fingerprint density at radius 1 is 1.27 bits per heavy atom. The lowest BCUT2D eigenvalue weighted by Crippen LogP contribution is -2.50. The van der Waals surface area contributed by atoms with Crippen LogP contribution in [0, 0.1) is 0 Å². The molecule has 5 nitrogen and oxygen atoms in total. The highest BCUT2D eigenvalue weighted by molar-refractivity contribution is 7.89. The zero-order chi connectivity index (χ0) is 17.0. The third kappa shape index (κ3) is 6.00. The van der Waals surface area contributed by atoms with Gasteiger partial charge in [0.05, 0.1) is 18.8 Å². The maximum atomic E-state index is 12.8. The van der Waals surface area contributed by atoms with Crippen LogP contribution in [0.2, 0.25) is 25.7 Å². The number of hydrogen-bond donors (Lipinski definition) is 0. The Kier molecular flexibility index (Phi) is 7.07. The molecule has 0 aromatic carbocycles. The van der Waals surface area contributed by atoms with E-state index in [0.29, 0.717) is 6.61 Å². The normalized spacial score (nSPS) is 24.2. The number of ether oxygens (including phenoxy) is 1. The van der Waals surface area contributed by atoms with Crippen LogP contribution in [-0.4, -0.2) is 51.2 Å². The maximum absolute atomic E-state index is 12.8. The number of esters is 1. The van der Waals surface area contributed by atoms with Crippen LogP contribution >= 0.6 is 0 Å². The van der Waals surface area contributed by atoms with Crippen LogP contribution in [0.3, 0.4) is 0 Å². The van der Waals surface area contributed by atoms with Gasteiger partial charge in [-0.05, 0) is 32.7 Å². The van der Waals surface area contributed by atoms with E-state index in [2.05, 4.69) is 19.6 Å². The predicted octanol–water partition coefficient (Wildman–Crippen LogP) is 2.85. The van der Waals surface area contributed by atoms with E-state index in [1.807, 2.05) is 6.92 Å². The molecule has 0 unspecified atom stereocenters. The van der Waals surface area contributed by atoms with Gasteiger partial charge in [0, 0.05) is 20.2 Å². The van der Waals surface area contributed by atoms with Crippen LogP contribution in [0.25, 0.3) is 0 Å². The number of hydrogen-bond acceptors (Lipinski definition) is 4. The van der Waals surface area contributed by atoms with Crippen molar-refractivity contribution in [1.82, 2.24) is 4.31 Å². The van der Waals surface area contributed by atoms with Crippen molar-refractivity contribution >= 4 is 24.1 Å². The number of carbonyl (C=O) groups excluding carboxylic acids is 1. The Balaban J connectivity index is 2.85. The summed E-state index contributed by atoms with van der Waals surface area (Å²) >= 11 is 0. The van der Waals surface area contributed by atoms with Crippen molar-refractivity contribution < 1.29 is 17.9 Å². The fraction of sp³-hybridized carbons (Fsp3) is 0.933. The topological polar surface area (TPSA) is 63.7 Å². The first-order valence-electron chi connectivity index (χ1n) is 8.23. The van der Waals surface area contributed by atoms with Gasteiger partial charge in [0.25, 0.3) is 0 Å². The van der Waals surface area contributed by atoms with E-state index in [0.717, 1.165) is 25.3 Å². The first-order valence-corrected chi connectivity index (χ1v) is 13.6. The van der Waals surface area contributed by atoms with E-state index >= 15 is 0 Å². The molecule has 1 heterocycles. The first-order chi connectivity index (χ1) is 10.1. The molecular formula is C15H31NO4SSi. The molecule has 0 radical (unpaired) electrons. The SMILES string of the molecule is CCOC(=O)C[C@@H]1CCC[C@H](C)N1S(=O)(=O)CC[Si](C)(C)C. The summed E-state index contributed by atoms with van der Waals surface area (Å²) in [7, 11) is -4.73. The van der Waals surface area contributed by atoms with Gasteiger partial charge in [0.2, 0.25) is 10.0 Å². The molecule has 1 fully saturated rings.